The van der Waals surface area contributed by atoms with E-state index in [0.29, 0.717) is 0 Å². The Kier molecular flexibility index (Phi) is 12.7. The van der Waals surface area contributed by atoms with Gasteiger partial charge in [-0.05, 0) is 0 Å². The number of aryl methyl sites for hydroxylation is 1. The second kappa shape index (κ2) is 15.2. The standard InChI is InChI=1S/C18H19S3.3C4H9.Sn/c1-2-3-4-5-7-14-9-10-17(20-14)18-12-11-16(21-18)15-8-6-13-19-15;3*1-3-4-2;/h6,8-12H,2-5,7H2,1H3;3*1,3-4H2,2H3;. The van der Waals surface area contributed by atoms with Crippen LogP contribution in [0, 0.1) is 0 Å². The van der Waals surface area contributed by atoms with E-state index in [0.717, 1.165) is 0 Å². The van der Waals surface area contributed by atoms with Crippen LogP contribution in [0.5, 0.6) is 0 Å². The van der Waals surface area contributed by atoms with Gasteiger partial charge in [0.05, 0.1) is 0 Å². The SMILES string of the molecule is CCCCCCc1ccc(-c2ccc(-c3cc[c]([Sn]([CH2]CCC)([CH2]CCC)[CH2]CCC)s3)s2)s1. The number of unbranched alkanes of at least 4 members (excludes halogenated alkanes) is 6. The minimum absolute atomic E-state index is 1.25. The first-order chi connectivity index (χ1) is 16.7. The van der Waals surface area contributed by atoms with E-state index in [4.69, 9.17) is 0 Å². The van der Waals surface area contributed by atoms with Gasteiger partial charge >= 0.3 is 208 Å². The number of thiophene rings is 3. The van der Waals surface area contributed by atoms with Gasteiger partial charge in [-0.15, -0.1) is 0 Å². The molecule has 0 N–H and O–H groups in total. The van der Waals surface area contributed by atoms with Gasteiger partial charge in [-0.3, -0.25) is 0 Å². The summed E-state index contributed by atoms with van der Waals surface area (Å²) in [7, 11) is 0. The zero-order valence-corrected chi connectivity index (χ0v) is 27.4. The van der Waals surface area contributed by atoms with Crippen molar-refractivity contribution in [2.24, 2.45) is 0 Å². The molecule has 3 heterocycles. The van der Waals surface area contributed by atoms with Crippen LogP contribution in [-0.2, 0) is 6.42 Å². The minimum atomic E-state index is -2.31. The molecular weight excluding hydrogens is 575 g/mol. The van der Waals surface area contributed by atoms with Gasteiger partial charge in [0.2, 0.25) is 0 Å². The molecule has 0 unspecified atom stereocenters. The van der Waals surface area contributed by atoms with Crippen LogP contribution in [0.2, 0.25) is 13.3 Å². The summed E-state index contributed by atoms with van der Waals surface area (Å²) in [5.41, 5.74) is 0. The van der Waals surface area contributed by atoms with E-state index < -0.39 is 18.4 Å². The first kappa shape index (κ1) is 28.5. The van der Waals surface area contributed by atoms with Crippen molar-refractivity contribution in [3.63, 3.8) is 0 Å². The molecule has 0 aliphatic carbocycles. The summed E-state index contributed by atoms with van der Waals surface area (Å²) >= 11 is 3.89. The third kappa shape index (κ3) is 7.95. The Morgan fingerprint density at radius 3 is 1.59 bits per heavy atom. The van der Waals surface area contributed by atoms with E-state index in [-0.39, 0.29) is 0 Å². The Bertz CT molecular complexity index is 926. The van der Waals surface area contributed by atoms with Gasteiger partial charge in [0.15, 0.2) is 0 Å². The predicted octanol–water partition coefficient (Wildman–Crippen LogP) is 11.4. The van der Waals surface area contributed by atoms with Crippen molar-refractivity contribution >= 4 is 55.3 Å². The summed E-state index contributed by atoms with van der Waals surface area (Å²) in [6, 6.07) is 14.5. The Morgan fingerprint density at radius 1 is 0.500 bits per heavy atom. The van der Waals surface area contributed by atoms with Gasteiger partial charge in [-0.1, -0.05) is 19.8 Å². The molecule has 0 aliphatic heterocycles. The molecule has 0 bridgehead atoms. The fourth-order valence-electron chi connectivity index (χ4n) is 5.02. The van der Waals surface area contributed by atoms with Gasteiger partial charge in [-0.25, -0.2) is 0 Å². The molecule has 0 amide bonds. The van der Waals surface area contributed by atoms with Crippen LogP contribution in [0.4, 0.5) is 0 Å². The van der Waals surface area contributed by atoms with Gasteiger partial charge in [0.1, 0.15) is 0 Å². The summed E-state index contributed by atoms with van der Waals surface area (Å²) in [4.78, 5) is 7.47. The van der Waals surface area contributed by atoms with Crippen molar-refractivity contribution < 1.29 is 0 Å². The van der Waals surface area contributed by atoms with Gasteiger partial charge in [0.25, 0.3) is 0 Å². The molecule has 0 aromatic carbocycles. The molecule has 0 fully saturated rings. The van der Waals surface area contributed by atoms with Crippen LogP contribution in [0.25, 0.3) is 19.5 Å². The van der Waals surface area contributed by atoms with E-state index in [1.54, 1.807) is 18.2 Å². The number of hydrogen-bond acceptors (Lipinski definition) is 3. The molecule has 0 radical (unpaired) electrons. The summed E-state index contributed by atoms with van der Waals surface area (Å²) in [6.07, 6.45) is 15.0. The third-order valence-electron chi connectivity index (χ3n) is 7.19. The average Bonchev–Trinajstić information content (AvgIpc) is 3.62. The van der Waals surface area contributed by atoms with Crippen LogP contribution in [0.3, 0.4) is 0 Å². The Hall–Kier alpha value is -0.101. The van der Waals surface area contributed by atoms with E-state index in [1.165, 1.54) is 90.1 Å². The normalized spacial score (nSPS) is 12.0. The third-order valence-corrected chi connectivity index (χ3v) is 29.2. The second-order valence-corrected chi connectivity index (χ2v) is 27.5. The fraction of sp³-hybridized carbons (Fsp3) is 0.600. The van der Waals surface area contributed by atoms with E-state index in [1.807, 2.05) is 25.6 Å². The summed E-state index contributed by atoms with van der Waals surface area (Å²) in [6.45, 7) is 9.43. The molecule has 188 valence electrons. The fourth-order valence-corrected chi connectivity index (χ4v) is 27.4. The van der Waals surface area contributed by atoms with Gasteiger partial charge < -0.3 is 0 Å². The van der Waals surface area contributed by atoms with Crippen molar-refractivity contribution in [1.82, 2.24) is 0 Å². The maximum absolute atomic E-state index is 2.58. The zero-order chi connectivity index (χ0) is 24.2. The molecule has 34 heavy (non-hydrogen) atoms. The van der Waals surface area contributed by atoms with Crippen LogP contribution < -0.4 is 2.89 Å². The van der Waals surface area contributed by atoms with E-state index >= 15 is 0 Å². The molecule has 0 spiro atoms. The summed E-state index contributed by atoms with van der Waals surface area (Å²) in [5, 5.41) is 0. The van der Waals surface area contributed by atoms with Crippen LogP contribution in [-0.4, -0.2) is 18.4 Å². The molecule has 0 saturated heterocycles. The van der Waals surface area contributed by atoms with Crippen molar-refractivity contribution in [3.8, 4) is 19.5 Å². The Labute approximate surface area is 226 Å². The molecule has 0 nitrogen and oxygen atoms in total. The van der Waals surface area contributed by atoms with Gasteiger partial charge in [0, 0.05) is 0 Å². The number of hydrogen-bond donors (Lipinski definition) is 0. The summed E-state index contributed by atoms with van der Waals surface area (Å²) < 4.78 is 6.56. The first-order valence-corrected chi connectivity index (χ1v) is 23.9. The topological polar surface area (TPSA) is 0 Å². The Morgan fingerprint density at radius 2 is 1.00 bits per heavy atom. The second-order valence-electron chi connectivity index (χ2n) is 10.00. The number of rotatable bonds is 17. The molecule has 3 aromatic heterocycles. The van der Waals surface area contributed by atoms with Crippen LogP contribution >= 0.6 is 34.0 Å². The predicted molar refractivity (Wildman–Crippen MR) is 163 cm³/mol. The van der Waals surface area contributed by atoms with Crippen molar-refractivity contribution in [2.75, 3.05) is 0 Å². The molecule has 0 atom stereocenters. The molecule has 0 saturated carbocycles. The first-order valence-electron chi connectivity index (χ1n) is 13.9. The molecule has 3 rings (SSSR count). The van der Waals surface area contributed by atoms with E-state index in [2.05, 4.69) is 75.4 Å². The molecule has 0 aliphatic rings. The molecule has 3 aromatic rings. The zero-order valence-electron chi connectivity index (χ0n) is 22.1. The summed E-state index contributed by atoms with van der Waals surface area (Å²) in [5.74, 6) is 0. The quantitative estimate of drug-likeness (QED) is 0.104. The monoisotopic (exact) mass is 622 g/mol. The maximum atomic E-state index is 2.58. The van der Waals surface area contributed by atoms with Crippen LogP contribution in [0.1, 0.15) is 96.8 Å². The average molecular weight is 622 g/mol. The molecular formula is C30H46S3Sn. The van der Waals surface area contributed by atoms with E-state index in [9.17, 15) is 0 Å². The Balaban J connectivity index is 1.76. The van der Waals surface area contributed by atoms with Crippen LogP contribution in [0.15, 0.2) is 36.4 Å². The van der Waals surface area contributed by atoms with Crippen molar-refractivity contribution in [1.29, 1.82) is 0 Å². The van der Waals surface area contributed by atoms with Crippen molar-refractivity contribution in [3.05, 3.63) is 41.3 Å². The van der Waals surface area contributed by atoms with Gasteiger partial charge in [-0.2, -0.15) is 0 Å². The van der Waals surface area contributed by atoms with Crippen molar-refractivity contribution in [2.45, 2.75) is 112 Å². The molecule has 4 heteroatoms.